The highest BCUT2D eigenvalue weighted by molar-refractivity contribution is 6.24. The van der Waals surface area contributed by atoms with Gasteiger partial charge in [0, 0.05) is 27.2 Å². The van der Waals surface area contributed by atoms with Gasteiger partial charge in [-0.15, -0.1) is 0 Å². The van der Waals surface area contributed by atoms with Crippen LogP contribution in [0.4, 0.5) is 4.79 Å². The number of rotatable bonds is 4. The Morgan fingerprint density at radius 2 is 1.76 bits per heavy atom. The van der Waals surface area contributed by atoms with Crippen LogP contribution in [0.15, 0.2) is 17.9 Å². The van der Waals surface area contributed by atoms with E-state index in [9.17, 15) is 9.59 Å². The Morgan fingerprint density at radius 1 is 1.17 bits per heavy atom. The molecule has 29 heavy (non-hydrogen) atoms. The van der Waals surface area contributed by atoms with Crippen LogP contribution in [0.1, 0.15) is 42.0 Å². The largest absolute Gasteiger partial charge is 0.513 e. The molecule has 1 saturated heterocycles. The van der Waals surface area contributed by atoms with E-state index in [-0.39, 0.29) is 12.5 Å². The zero-order chi connectivity index (χ0) is 21.3. The SMILES string of the molecule is CCOC(=O)OC1=C(c2c(C)cc(C)cc2C)C(=O)NC12CCN(N(C)C)CC2. The number of piperidine rings is 1. The van der Waals surface area contributed by atoms with Crippen molar-refractivity contribution in [2.24, 2.45) is 0 Å². The van der Waals surface area contributed by atoms with Crippen LogP contribution >= 0.6 is 0 Å². The number of carbonyl (C=O) groups is 2. The maximum atomic E-state index is 13.2. The smallest absolute Gasteiger partial charge is 0.434 e. The molecule has 1 aromatic rings. The molecule has 2 aliphatic heterocycles. The molecule has 3 rings (SSSR count). The van der Waals surface area contributed by atoms with Gasteiger partial charge in [0.25, 0.3) is 5.91 Å². The summed E-state index contributed by atoms with van der Waals surface area (Å²) in [5.41, 5.74) is 3.69. The van der Waals surface area contributed by atoms with Crippen molar-refractivity contribution in [1.29, 1.82) is 0 Å². The number of nitrogens with one attached hydrogen (secondary N) is 1. The van der Waals surface area contributed by atoms with E-state index in [1.165, 1.54) is 0 Å². The lowest BCUT2D eigenvalue weighted by molar-refractivity contribution is -0.117. The third kappa shape index (κ3) is 4.02. The molecule has 0 unspecified atom stereocenters. The predicted molar refractivity (Wildman–Crippen MR) is 111 cm³/mol. The average Bonchev–Trinajstić information content (AvgIpc) is 2.87. The van der Waals surface area contributed by atoms with Crippen molar-refractivity contribution in [3.8, 4) is 0 Å². The fourth-order valence-electron chi connectivity index (χ4n) is 4.49. The number of hydrazine groups is 1. The number of hydrogen-bond donors (Lipinski definition) is 1. The Hall–Kier alpha value is -2.38. The van der Waals surface area contributed by atoms with Crippen LogP contribution in [0, 0.1) is 20.8 Å². The maximum Gasteiger partial charge on any atom is 0.513 e. The summed E-state index contributed by atoms with van der Waals surface area (Å²) < 4.78 is 10.8. The van der Waals surface area contributed by atoms with Gasteiger partial charge in [-0.05, 0) is 57.2 Å². The Kier molecular flexibility index (Phi) is 6.00. The van der Waals surface area contributed by atoms with Gasteiger partial charge < -0.3 is 14.8 Å². The average molecular weight is 402 g/mol. The molecule has 1 spiro atoms. The summed E-state index contributed by atoms with van der Waals surface area (Å²) in [5.74, 6) is 0.201. The normalized spacial score (nSPS) is 19.1. The van der Waals surface area contributed by atoms with Gasteiger partial charge >= 0.3 is 6.16 Å². The summed E-state index contributed by atoms with van der Waals surface area (Å²) in [6, 6.07) is 4.09. The number of hydrogen-bond acceptors (Lipinski definition) is 6. The van der Waals surface area contributed by atoms with Crippen LogP contribution in [-0.2, 0) is 14.3 Å². The molecule has 7 nitrogen and oxygen atoms in total. The monoisotopic (exact) mass is 401 g/mol. The van der Waals surface area contributed by atoms with E-state index in [1.807, 2.05) is 47.0 Å². The van der Waals surface area contributed by atoms with Crippen LogP contribution in [-0.4, -0.2) is 61.4 Å². The maximum absolute atomic E-state index is 13.2. The third-order valence-electron chi connectivity index (χ3n) is 5.78. The summed E-state index contributed by atoms with van der Waals surface area (Å²) in [4.78, 5) is 25.4. The number of carbonyl (C=O) groups excluding carboxylic acids is 2. The summed E-state index contributed by atoms with van der Waals surface area (Å²) >= 11 is 0. The number of aryl methyl sites for hydroxylation is 3. The fraction of sp³-hybridized carbons (Fsp3) is 0.545. The van der Waals surface area contributed by atoms with Crippen LogP contribution in [0.5, 0.6) is 0 Å². The molecule has 0 saturated carbocycles. The van der Waals surface area contributed by atoms with Crippen molar-refractivity contribution in [2.75, 3.05) is 33.8 Å². The van der Waals surface area contributed by atoms with E-state index in [0.717, 1.165) is 35.3 Å². The van der Waals surface area contributed by atoms with Gasteiger partial charge in [0.1, 0.15) is 5.54 Å². The number of ether oxygens (including phenoxy) is 2. The van der Waals surface area contributed by atoms with Gasteiger partial charge in [-0.1, -0.05) is 17.7 Å². The lowest BCUT2D eigenvalue weighted by Crippen LogP contribution is -2.55. The van der Waals surface area contributed by atoms with Crippen molar-refractivity contribution in [3.63, 3.8) is 0 Å². The molecule has 1 aromatic carbocycles. The van der Waals surface area contributed by atoms with E-state index < -0.39 is 11.7 Å². The second kappa shape index (κ2) is 8.16. The lowest BCUT2D eigenvalue weighted by Gasteiger charge is -2.42. The molecule has 158 valence electrons. The highest BCUT2D eigenvalue weighted by Crippen LogP contribution is 2.42. The molecule has 1 fully saturated rings. The molecular weight excluding hydrogens is 370 g/mol. The van der Waals surface area contributed by atoms with Crippen LogP contribution < -0.4 is 5.32 Å². The molecule has 2 aliphatic rings. The Bertz CT molecular complexity index is 829. The first kappa shape index (κ1) is 21.3. The lowest BCUT2D eigenvalue weighted by atomic mass is 9.84. The van der Waals surface area contributed by atoms with Gasteiger partial charge in [0.2, 0.25) is 0 Å². The van der Waals surface area contributed by atoms with Crippen molar-refractivity contribution < 1.29 is 19.1 Å². The molecule has 0 aliphatic carbocycles. The van der Waals surface area contributed by atoms with Crippen molar-refractivity contribution in [2.45, 2.75) is 46.1 Å². The zero-order valence-corrected chi connectivity index (χ0v) is 18.2. The molecule has 0 aromatic heterocycles. The third-order valence-corrected chi connectivity index (χ3v) is 5.78. The summed E-state index contributed by atoms with van der Waals surface area (Å²) in [6.07, 6.45) is 0.534. The van der Waals surface area contributed by atoms with Gasteiger partial charge in [-0.25, -0.2) is 14.8 Å². The predicted octanol–water partition coefficient (Wildman–Crippen LogP) is 2.94. The first-order chi connectivity index (χ1) is 13.7. The summed E-state index contributed by atoms with van der Waals surface area (Å²) in [6.45, 7) is 9.45. The zero-order valence-electron chi connectivity index (χ0n) is 18.2. The summed E-state index contributed by atoms with van der Waals surface area (Å²) in [7, 11) is 4.00. The standard InChI is InChI=1S/C22H31N3O4/c1-7-28-21(27)29-19-18(17-15(3)12-14(2)13-16(17)4)20(26)23-22(19)8-10-25(11-9-22)24(5)6/h12-13H,7-11H2,1-6H3,(H,23,26). The van der Waals surface area contributed by atoms with E-state index in [4.69, 9.17) is 9.47 Å². The van der Waals surface area contributed by atoms with E-state index in [0.29, 0.717) is 24.2 Å². The van der Waals surface area contributed by atoms with E-state index >= 15 is 0 Å². The Morgan fingerprint density at radius 3 is 2.28 bits per heavy atom. The molecule has 2 heterocycles. The molecule has 1 amide bonds. The van der Waals surface area contributed by atoms with E-state index in [2.05, 4.69) is 15.3 Å². The molecule has 0 bridgehead atoms. The minimum atomic E-state index is -0.770. The second-order valence-electron chi connectivity index (χ2n) is 8.10. The van der Waals surface area contributed by atoms with Crippen molar-refractivity contribution in [3.05, 3.63) is 40.1 Å². The van der Waals surface area contributed by atoms with E-state index in [1.54, 1.807) is 6.92 Å². The van der Waals surface area contributed by atoms with Crippen LogP contribution in [0.25, 0.3) is 5.57 Å². The van der Waals surface area contributed by atoms with Crippen molar-refractivity contribution in [1.82, 2.24) is 15.3 Å². The minimum absolute atomic E-state index is 0.197. The minimum Gasteiger partial charge on any atom is -0.434 e. The highest BCUT2D eigenvalue weighted by atomic mass is 16.7. The Balaban J connectivity index is 2.10. The molecule has 0 atom stereocenters. The first-order valence-corrected chi connectivity index (χ1v) is 10.1. The number of nitrogens with zero attached hydrogens (tertiary/aromatic N) is 2. The van der Waals surface area contributed by atoms with Crippen LogP contribution in [0.2, 0.25) is 0 Å². The van der Waals surface area contributed by atoms with Gasteiger partial charge in [-0.3, -0.25) is 4.79 Å². The van der Waals surface area contributed by atoms with Gasteiger partial charge in [0.15, 0.2) is 5.76 Å². The molecular formula is C22H31N3O4. The first-order valence-electron chi connectivity index (χ1n) is 10.1. The topological polar surface area (TPSA) is 71.1 Å². The van der Waals surface area contributed by atoms with Gasteiger partial charge in [-0.2, -0.15) is 0 Å². The van der Waals surface area contributed by atoms with Crippen molar-refractivity contribution >= 4 is 17.6 Å². The van der Waals surface area contributed by atoms with Crippen LogP contribution in [0.3, 0.4) is 0 Å². The number of benzene rings is 1. The molecule has 1 N–H and O–H groups in total. The second-order valence-corrected chi connectivity index (χ2v) is 8.10. The van der Waals surface area contributed by atoms with Gasteiger partial charge in [0.05, 0.1) is 12.2 Å². The molecule has 7 heteroatoms. The molecule has 0 radical (unpaired) electrons. The quantitative estimate of drug-likeness (QED) is 0.783. The number of amides is 1. The highest BCUT2D eigenvalue weighted by Gasteiger charge is 2.50. The Labute approximate surface area is 172 Å². The fourth-order valence-corrected chi connectivity index (χ4v) is 4.49. The summed E-state index contributed by atoms with van der Waals surface area (Å²) in [5, 5.41) is 7.41.